The molecule has 13 heteroatoms. The zero-order chi connectivity index (χ0) is 28.0. The summed E-state index contributed by atoms with van der Waals surface area (Å²) in [6.07, 6.45) is 4.53. The number of carbonyl (C=O) groups is 2. The summed E-state index contributed by atoms with van der Waals surface area (Å²) in [6.45, 7) is 5.88. The first-order chi connectivity index (χ1) is 19.4. The number of hydrogen-bond donors (Lipinski definition) is 5. The Hall–Kier alpha value is -0.700. The van der Waals surface area contributed by atoms with E-state index in [0.717, 1.165) is 45.2 Å². The largest absolute Gasteiger partial charge is 0.380 e. The van der Waals surface area contributed by atoms with Crippen molar-refractivity contribution in [3.8, 4) is 0 Å². The van der Waals surface area contributed by atoms with Gasteiger partial charge in [-0.1, -0.05) is 0 Å². The van der Waals surface area contributed by atoms with Crippen molar-refractivity contribution in [3.63, 3.8) is 0 Å². The lowest BCUT2D eigenvalue weighted by atomic mass is 9.70. The molecule has 0 bridgehead atoms. The first kappa shape index (κ1) is 29.4. The van der Waals surface area contributed by atoms with Crippen LogP contribution < -0.4 is 26.7 Å². The molecule has 5 N–H and O–H groups in total. The van der Waals surface area contributed by atoms with E-state index in [2.05, 4.69) is 43.5 Å². The number of ether oxygens (including phenoxy) is 2. The average Bonchev–Trinajstić information content (AvgIpc) is 3.67. The molecule has 40 heavy (non-hydrogen) atoms. The van der Waals surface area contributed by atoms with Crippen LogP contribution in [0.25, 0.3) is 0 Å². The molecule has 12 atom stereocenters. The second-order valence-electron chi connectivity index (χ2n) is 12.5. The van der Waals surface area contributed by atoms with Gasteiger partial charge in [-0.3, -0.25) is 25.6 Å². The molecule has 6 fully saturated rings. The second-order valence-corrected chi connectivity index (χ2v) is 14.4. The van der Waals surface area contributed by atoms with Crippen molar-refractivity contribution in [2.45, 2.75) is 85.7 Å². The monoisotopic (exact) mass is 599 g/mol. The summed E-state index contributed by atoms with van der Waals surface area (Å²) in [5.74, 6) is 0.682. The van der Waals surface area contributed by atoms with Crippen LogP contribution in [0.15, 0.2) is 0 Å². The molecule has 0 aliphatic carbocycles. The standard InChI is InChI=1S/C27H46ClN7O4S/c1-14-8-16(17-9-23(28)30-11-21(17)38-2)18(10-29-14)25(36)33-27-32-19-12-34(13-22(19)40-27)26(37)15-4-5-24(39-3)35-20(15)6-7-31-35/h14-24,27,29-32H,4-13H2,1-3H3,(H,33,36). The Morgan fingerprint density at radius 2 is 1.85 bits per heavy atom. The maximum absolute atomic E-state index is 13.7. The first-order valence-corrected chi connectivity index (χ1v) is 16.4. The van der Waals surface area contributed by atoms with Gasteiger partial charge in [0.05, 0.1) is 23.4 Å². The molecule has 6 saturated heterocycles. The highest BCUT2D eigenvalue weighted by atomic mass is 35.5. The Kier molecular flexibility index (Phi) is 9.18. The van der Waals surface area contributed by atoms with E-state index in [1.807, 2.05) is 0 Å². The van der Waals surface area contributed by atoms with Crippen LogP contribution in [0.5, 0.6) is 0 Å². The number of nitrogens with one attached hydrogen (secondary N) is 5. The highest BCUT2D eigenvalue weighted by molar-refractivity contribution is 8.00. The number of thioether (sulfide) groups is 1. The molecule has 226 valence electrons. The van der Waals surface area contributed by atoms with Crippen LogP contribution >= 0.6 is 23.4 Å². The topological polar surface area (TPSA) is 119 Å². The highest BCUT2D eigenvalue weighted by Crippen LogP contribution is 2.39. The number of halogens is 1. The van der Waals surface area contributed by atoms with Crippen molar-refractivity contribution < 1.29 is 19.1 Å². The summed E-state index contributed by atoms with van der Waals surface area (Å²) in [7, 11) is 3.50. The number of likely N-dealkylation sites (tertiary alicyclic amines) is 1. The summed E-state index contributed by atoms with van der Waals surface area (Å²) in [4.78, 5) is 29.3. The molecule has 0 radical (unpaired) electrons. The minimum absolute atomic E-state index is 0.0114. The average molecular weight is 600 g/mol. The number of rotatable bonds is 6. The minimum Gasteiger partial charge on any atom is -0.380 e. The Labute approximate surface area is 246 Å². The number of alkyl halides is 1. The Morgan fingerprint density at radius 1 is 1.00 bits per heavy atom. The van der Waals surface area contributed by atoms with Crippen molar-refractivity contribution in [2.75, 3.05) is 46.9 Å². The van der Waals surface area contributed by atoms with Crippen molar-refractivity contribution in [2.24, 2.45) is 23.7 Å². The van der Waals surface area contributed by atoms with E-state index in [4.69, 9.17) is 21.1 Å². The van der Waals surface area contributed by atoms with Crippen LogP contribution in [-0.2, 0) is 19.1 Å². The van der Waals surface area contributed by atoms with Gasteiger partial charge in [0, 0.05) is 70.3 Å². The third-order valence-electron chi connectivity index (χ3n) is 10.2. The van der Waals surface area contributed by atoms with Gasteiger partial charge >= 0.3 is 0 Å². The number of hydrogen-bond acceptors (Lipinski definition) is 10. The number of nitrogens with zero attached hydrogens (tertiary/aromatic N) is 2. The maximum atomic E-state index is 13.7. The lowest BCUT2D eigenvalue weighted by Crippen LogP contribution is -2.57. The highest BCUT2D eigenvalue weighted by Gasteiger charge is 2.50. The third-order valence-corrected chi connectivity index (χ3v) is 11.9. The van der Waals surface area contributed by atoms with E-state index >= 15 is 0 Å². The predicted molar refractivity (Wildman–Crippen MR) is 154 cm³/mol. The van der Waals surface area contributed by atoms with Crippen molar-refractivity contribution >= 4 is 35.2 Å². The molecule has 0 saturated carbocycles. The molecule has 6 aliphatic rings. The first-order valence-electron chi connectivity index (χ1n) is 15.0. The van der Waals surface area contributed by atoms with E-state index < -0.39 is 0 Å². The summed E-state index contributed by atoms with van der Waals surface area (Å²) < 4.78 is 11.5. The van der Waals surface area contributed by atoms with Crippen molar-refractivity contribution in [3.05, 3.63) is 0 Å². The molecule has 6 rings (SSSR count). The fraction of sp³-hybridized carbons (Fsp3) is 0.926. The fourth-order valence-electron chi connectivity index (χ4n) is 8.16. The minimum atomic E-state index is -0.140. The van der Waals surface area contributed by atoms with Gasteiger partial charge in [-0.2, -0.15) is 0 Å². The molecular weight excluding hydrogens is 554 g/mol. The number of piperidine rings is 3. The van der Waals surface area contributed by atoms with Gasteiger partial charge in [-0.05, 0) is 50.9 Å². The van der Waals surface area contributed by atoms with Gasteiger partial charge in [0.1, 0.15) is 11.7 Å². The van der Waals surface area contributed by atoms with Gasteiger partial charge in [-0.25, -0.2) is 5.01 Å². The normalized spacial score (nSPS) is 45.8. The molecule has 0 aromatic carbocycles. The number of amides is 2. The van der Waals surface area contributed by atoms with E-state index in [0.29, 0.717) is 25.7 Å². The molecule has 6 aliphatic heterocycles. The molecular formula is C27H46ClN7O4S. The Bertz CT molecular complexity index is 923. The lowest BCUT2D eigenvalue weighted by Gasteiger charge is -2.45. The Morgan fingerprint density at radius 3 is 2.62 bits per heavy atom. The van der Waals surface area contributed by atoms with Crippen LogP contribution in [0.1, 0.15) is 39.0 Å². The molecule has 6 heterocycles. The van der Waals surface area contributed by atoms with Crippen LogP contribution in [0.4, 0.5) is 0 Å². The SMILES string of the molecule is COC1CNC(Cl)CC1C1CC(C)NCC1C(=O)NC1NC2CN(C(=O)C3CCC(OC)N4NCCC34)CC2S1. The van der Waals surface area contributed by atoms with Crippen molar-refractivity contribution in [1.82, 2.24) is 36.6 Å². The predicted octanol–water partition coefficient (Wildman–Crippen LogP) is 0.0670. The van der Waals surface area contributed by atoms with E-state index in [1.54, 1.807) is 26.0 Å². The molecule has 0 aromatic heterocycles. The summed E-state index contributed by atoms with van der Waals surface area (Å²) in [6, 6.07) is 0.742. The maximum Gasteiger partial charge on any atom is 0.227 e. The zero-order valence-corrected chi connectivity index (χ0v) is 25.4. The number of hydrazine groups is 1. The van der Waals surface area contributed by atoms with E-state index in [1.165, 1.54) is 0 Å². The summed E-state index contributed by atoms with van der Waals surface area (Å²) in [5, 5.41) is 16.2. The third kappa shape index (κ3) is 5.77. The van der Waals surface area contributed by atoms with Gasteiger partial charge < -0.3 is 25.0 Å². The van der Waals surface area contributed by atoms with Gasteiger partial charge in [-0.15, -0.1) is 23.4 Å². The Balaban J connectivity index is 1.04. The van der Waals surface area contributed by atoms with Crippen LogP contribution in [0.3, 0.4) is 0 Å². The van der Waals surface area contributed by atoms with Crippen LogP contribution in [-0.4, -0.2) is 115 Å². The van der Waals surface area contributed by atoms with E-state index in [-0.39, 0.29) is 76.2 Å². The second kappa shape index (κ2) is 12.5. The van der Waals surface area contributed by atoms with Gasteiger partial charge in [0.25, 0.3) is 0 Å². The van der Waals surface area contributed by atoms with E-state index in [9.17, 15) is 9.59 Å². The lowest BCUT2D eigenvalue weighted by molar-refractivity contribution is -0.149. The zero-order valence-electron chi connectivity index (χ0n) is 23.8. The molecule has 0 spiro atoms. The molecule has 0 aromatic rings. The van der Waals surface area contributed by atoms with Gasteiger partial charge in [0.2, 0.25) is 11.8 Å². The van der Waals surface area contributed by atoms with Crippen molar-refractivity contribution in [1.29, 1.82) is 0 Å². The van der Waals surface area contributed by atoms with Gasteiger partial charge in [0.15, 0.2) is 0 Å². The number of methoxy groups -OCH3 is 2. The smallest absolute Gasteiger partial charge is 0.227 e. The fourth-order valence-corrected chi connectivity index (χ4v) is 9.86. The van der Waals surface area contributed by atoms with Crippen LogP contribution in [0.2, 0.25) is 0 Å². The number of fused-ring (bicyclic) bond motifs is 2. The molecule has 12 unspecified atom stereocenters. The molecule has 11 nitrogen and oxygen atoms in total. The molecule has 2 amide bonds. The summed E-state index contributed by atoms with van der Waals surface area (Å²) >= 11 is 8.25. The van der Waals surface area contributed by atoms with Crippen LogP contribution in [0, 0.1) is 23.7 Å². The number of carbonyl (C=O) groups excluding carboxylic acids is 2. The summed E-state index contributed by atoms with van der Waals surface area (Å²) in [5.41, 5.74) is 3.19. The quantitative estimate of drug-likeness (QED) is 0.212.